The van der Waals surface area contributed by atoms with Gasteiger partial charge in [0.2, 0.25) is 11.8 Å². The maximum absolute atomic E-state index is 11.4. The maximum atomic E-state index is 11.4. The van der Waals surface area contributed by atoms with Gasteiger partial charge in [-0.1, -0.05) is 19.3 Å². The normalized spacial score (nSPS) is 17.8. The highest BCUT2D eigenvalue weighted by Gasteiger charge is 2.27. The summed E-state index contributed by atoms with van der Waals surface area (Å²) in [5.74, 6) is -0.374. The highest BCUT2D eigenvalue weighted by Crippen LogP contribution is 2.24. The molecule has 17 heavy (non-hydrogen) atoms. The summed E-state index contributed by atoms with van der Waals surface area (Å²) in [7, 11) is 0. The Kier molecular flexibility index (Phi) is 7.15. The number of hydrogen-bond acceptors (Lipinski definition) is 3. The molecule has 0 atom stereocenters. The molecule has 0 aromatic heterocycles. The molecule has 0 bridgehead atoms. The van der Waals surface area contributed by atoms with Crippen molar-refractivity contribution in [3.8, 4) is 0 Å². The van der Waals surface area contributed by atoms with Gasteiger partial charge in [0.25, 0.3) is 0 Å². The zero-order valence-corrected chi connectivity index (χ0v) is 11.1. The van der Waals surface area contributed by atoms with E-state index >= 15 is 0 Å². The second-order valence-corrected chi connectivity index (χ2v) is 4.61. The van der Waals surface area contributed by atoms with Crippen LogP contribution in [-0.2, 0) is 9.59 Å². The molecule has 1 rings (SSSR count). The van der Waals surface area contributed by atoms with Gasteiger partial charge in [-0.15, -0.1) is 12.4 Å². The molecule has 1 aliphatic carbocycles. The van der Waals surface area contributed by atoms with Crippen LogP contribution in [0.2, 0.25) is 0 Å². The van der Waals surface area contributed by atoms with Crippen LogP contribution in [0.5, 0.6) is 0 Å². The fourth-order valence-electron chi connectivity index (χ4n) is 1.97. The Labute approximate surface area is 108 Å². The first-order valence-corrected chi connectivity index (χ1v) is 5.82. The van der Waals surface area contributed by atoms with Gasteiger partial charge in [-0.3, -0.25) is 9.59 Å². The van der Waals surface area contributed by atoms with Gasteiger partial charge in [0.05, 0.1) is 6.54 Å². The Hall–Kier alpha value is -0.810. The minimum Gasteiger partial charge on any atom is -0.353 e. The number of hydrogen-bond donors (Lipinski definition) is 3. The van der Waals surface area contributed by atoms with Crippen LogP contribution >= 0.6 is 12.4 Å². The molecule has 0 unspecified atom stereocenters. The summed E-state index contributed by atoms with van der Waals surface area (Å²) in [5, 5.41) is 5.22. The minimum atomic E-state index is -0.246. The van der Waals surface area contributed by atoms with Crippen LogP contribution < -0.4 is 16.4 Å². The molecular weight excluding hydrogens is 242 g/mol. The minimum absolute atomic E-state index is 0. The second kappa shape index (κ2) is 7.50. The van der Waals surface area contributed by atoms with Crippen molar-refractivity contribution >= 4 is 24.2 Å². The lowest BCUT2D eigenvalue weighted by Gasteiger charge is -2.33. The van der Waals surface area contributed by atoms with Crippen molar-refractivity contribution < 1.29 is 9.59 Å². The second-order valence-electron chi connectivity index (χ2n) is 4.61. The molecule has 0 aromatic carbocycles. The summed E-state index contributed by atoms with van der Waals surface area (Å²) >= 11 is 0. The van der Waals surface area contributed by atoms with E-state index in [2.05, 4.69) is 10.6 Å². The summed E-state index contributed by atoms with van der Waals surface area (Å²) in [6, 6.07) is 0. The van der Waals surface area contributed by atoms with Crippen LogP contribution in [0.4, 0.5) is 0 Å². The quantitative estimate of drug-likeness (QED) is 0.683. The third kappa shape index (κ3) is 6.48. The van der Waals surface area contributed by atoms with Gasteiger partial charge in [0, 0.05) is 19.0 Å². The van der Waals surface area contributed by atoms with Crippen molar-refractivity contribution in [2.45, 2.75) is 44.6 Å². The number of amides is 2. The standard InChI is InChI=1S/C11H21N3O2.ClH/c1-9(15)13-7-10(16)14-8-11(12)5-3-2-4-6-11;/h2-8,12H2,1H3,(H,13,15)(H,14,16);1H. The Bertz CT molecular complexity index is 265. The molecule has 1 fully saturated rings. The molecule has 0 spiro atoms. The van der Waals surface area contributed by atoms with Crippen LogP contribution in [0, 0.1) is 0 Å². The number of halogens is 1. The Morgan fingerprint density at radius 2 is 1.76 bits per heavy atom. The molecule has 1 saturated carbocycles. The van der Waals surface area contributed by atoms with Gasteiger partial charge in [-0.2, -0.15) is 0 Å². The van der Waals surface area contributed by atoms with Crippen molar-refractivity contribution in [3.63, 3.8) is 0 Å². The largest absolute Gasteiger partial charge is 0.353 e. The fourth-order valence-corrected chi connectivity index (χ4v) is 1.97. The van der Waals surface area contributed by atoms with E-state index in [1.165, 1.54) is 13.3 Å². The van der Waals surface area contributed by atoms with Crippen molar-refractivity contribution in [1.29, 1.82) is 0 Å². The van der Waals surface area contributed by atoms with Gasteiger partial charge < -0.3 is 16.4 Å². The van der Waals surface area contributed by atoms with E-state index in [-0.39, 0.29) is 36.3 Å². The van der Waals surface area contributed by atoms with E-state index in [1.807, 2.05) is 0 Å². The Morgan fingerprint density at radius 3 is 2.29 bits per heavy atom. The average molecular weight is 264 g/mol. The van der Waals surface area contributed by atoms with E-state index < -0.39 is 0 Å². The van der Waals surface area contributed by atoms with E-state index in [4.69, 9.17) is 5.73 Å². The monoisotopic (exact) mass is 263 g/mol. The van der Waals surface area contributed by atoms with Crippen LogP contribution in [0.3, 0.4) is 0 Å². The van der Waals surface area contributed by atoms with Crippen LogP contribution in [-0.4, -0.2) is 30.4 Å². The zero-order chi connectivity index (χ0) is 12.0. The number of nitrogens with two attached hydrogens (primary N) is 1. The fraction of sp³-hybridized carbons (Fsp3) is 0.818. The van der Waals surface area contributed by atoms with Gasteiger partial charge in [0.15, 0.2) is 0 Å². The smallest absolute Gasteiger partial charge is 0.239 e. The lowest BCUT2D eigenvalue weighted by atomic mass is 9.82. The van der Waals surface area contributed by atoms with E-state index in [0.29, 0.717) is 6.54 Å². The SMILES string of the molecule is CC(=O)NCC(=O)NCC1(N)CCCCC1.Cl. The summed E-state index contributed by atoms with van der Waals surface area (Å²) in [6.07, 6.45) is 5.44. The summed E-state index contributed by atoms with van der Waals surface area (Å²) in [6.45, 7) is 1.93. The topological polar surface area (TPSA) is 84.2 Å². The van der Waals surface area contributed by atoms with Crippen molar-refractivity contribution in [1.82, 2.24) is 10.6 Å². The molecule has 0 saturated heterocycles. The third-order valence-corrected chi connectivity index (χ3v) is 2.98. The Morgan fingerprint density at radius 1 is 1.18 bits per heavy atom. The molecule has 0 aromatic rings. The van der Waals surface area contributed by atoms with Gasteiger partial charge in [-0.25, -0.2) is 0 Å². The lowest BCUT2D eigenvalue weighted by molar-refractivity contribution is -0.125. The van der Waals surface area contributed by atoms with Gasteiger partial charge in [-0.05, 0) is 12.8 Å². The molecule has 1 aliphatic rings. The molecular formula is C11H22ClN3O2. The number of carbonyl (C=O) groups excluding carboxylic acids is 2. The van der Waals surface area contributed by atoms with Crippen molar-refractivity contribution in [3.05, 3.63) is 0 Å². The predicted octanol–water partition coefficient (Wildman–Crippen LogP) is 0.322. The maximum Gasteiger partial charge on any atom is 0.239 e. The van der Waals surface area contributed by atoms with Gasteiger partial charge >= 0.3 is 0 Å². The molecule has 6 heteroatoms. The van der Waals surface area contributed by atoms with Crippen molar-refractivity contribution in [2.24, 2.45) is 5.73 Å². The molecule has 4 N–H and O–H groups in total. The highest BCUT2D eigenvalue weighted by molar-refractivity contribution is 5.85. The predicted molar refractivity (Wildman–Crippen MR) is 68.9 cm³/mol. The van der Waals surface area contributed by atoms with Gasteiger partial charge in [0.1, 0.15) is 0 Å². The molecule has 0 aliphatic heterocycles. The van der Waals surface area contributed by atoms with E-state index in [1.54, 1.807) is 0 Å². The first-order chi connectivity index (χ1) is 7.52. The summed E-state index contributed by atoms with van der Waals surface area (Å²) in [4.78, 5) is 22.0. The Balaban J connectivity index is 0.00000256. The zero-order valence-electron chi connectivity index (χ0n) is 10.3. The molecule has 5 nitrogen and oxygen atoms in total. The summed E-state index contributed by atoms with van der Waals surface area (Å²) < 4.78 is 0. The lowest BCUT2D eigenvalue weighted by Crippen LogP contribution is -2.52. The molecule has 0 radical (unpaired) electrons. The van der Waals surface area contributed by atoms with Crippen LogP contribution in [0.1, 0.15) is 39.0 Å². The van der Waals surface area contributed by atoms with Crippen LogP contribution in [0.25, 0.3) is 0 Å². The van der Waals surface area contributed by atoms with E-state index in [0.717, 1.165) is 25.7 Å². The molecule has 2 amide bonds. The molecule has 100 valence electrons. The average Bonchev–Trinajstić information content (AvgIpc) is 2.25. The summed E-state index contributed by atoms with van der Waals surface area (Å²) in [5.41, 5.74) is 5.92. The highest BCUT2D eigenvalue weighted by atomic mass is 35.5. The number of rotatable bonds is 4. The molecule has 0 heterocycles. The third-order valence-electron chi connectivity index (χ3n) is 2.98. The first kappa shape index (κ1) is 16.2. The number of carbonyl (C=O) groups is 2. The van der Waals surface area contributed by atoms with Crippen molar-refractivity contribution in [2.75, 3.05) is 13.1 Å². The van der Waals surface area contributed by atoms with Crippen LogP contribution in [0.15, 0.2) is 0 Å². The first-order valence-electron chi connectivity index (χ1n) is 5.82. The number of nitrogens with one attached hydrogen (secondary N) is 2. The van der Waals surface area contributed by atoms with E-state index in [9.17, 15) is 9.59 Å².